The Morgan fingerprint density at radius 1 is 1.60 bits per heavy atom. The van der Waals surface area contributed by atoms with Crippen molar-refractivity contribution in [3.8, 4) is 0 Å². The number of hydrogen-bond acceptors (Lipinski definition) is 3. The fraction of sp³-hybridized carbons (Fsp3) is 0.444. The van der Waals surface area contributed by atoms with Crippen LogP contribution in [0.2, 0.25) is 0 Å². The fourth-order valence-corrected chi connectivity index (χ4v) is 2.66. The molecule has 1 aliphatic rings. The second kappa shape index (κ2) is 4.29. The van der Waals surface area contributed by atoms with Crippen molar-refractivity contribution in [3.05, 3.63) is 22.4 Å². The molecule has 15 heavy (non-hydrogen) atoms. The second-order valence-corrected chi connectivity index (χ2v) is 5.43. The van der Waals surface area contributed by atoms with Gasteiger partial charge >= 0.3 is 0 Å². The molecule has 0 aliphatic carbocycles. The van der Waals surface area contributed by atoms with Crippen LogP contribution in [0.3, 0.4) is 0 Å². The van der Waals surface area contributed by atoms with Gasteiger partial charge in [0, 0.05) is 11.4 Å². The van der Waals surface area contributed by atoms with Gasteiger partial charge in [0.2, 0.25) is 4.33 Å². The van der Waals surface area contributed by atoms with E-state index in [9.17, 15) is 4.79 Å². The van der Waals surface area contributed by atoms with Gasteiger partial charge in [0.1, 0.15) is 6.73 Å². The molecule has 0 radical (unpaired) electrons. The Kier molecular flexibility index (Phi) is 3.21. The van der Waals surface area contributed by atoms with E-state index in [4.69, 9.17) is 27.9 Å². The molecule has 1 aromatic heterocycles. The van der Waals surface area contributed by atoms with Crippen LogP contribution >= 0.6 is 34.5 Å². The van der Waals surface area contributed by atoms with Gasteiger partial charge in [-0.1, -0.05) is 29.3 Å². The summed E-state index contributed by atoms with van der Waals surface area (Å²) >= 11 is 13.5. The van der Waals surface area contributed by atoms with E-state index >= 15 is 0 Å². The van der Waals surface area contributed by atoms with Crippen molar-refractivity contribution in [1.82, 2.24) is 4.90 Å². The summed E-state index contributed by atoms with van der Waals surface area (Å²) in [5.41, 5.74) is 0. The summed E-state index contributed by atoms with van der Waals surface area (Å²) < 4.78 is 3.60. The number of halogens is 2. The standard InChI is InChI=1S/C9H9Cl2NO2S/c10-9(11,7-2-1-5-15-7)8(13)12-3-4-14-6-12/h1-2,5H,3-4,6H2. The van der Waals surface area contributed by atoms with Gasteiger partial charge in [-0.25, -0.2) is 0 Å². The van der Waals surface area contributed by atoms with Crippen LogP contribution in [0.25, 0.3) is 0 Å². The van der Waals surface area contributed by atoms with E-state index in [0.717, 1.165) is 0 Å². The Hall–Kier alpha value is -0.290. The predicted molar refractivity (Wildman–Crippen MR) is 60.2 cm³/mol. The SMILES string of the molecule is O=C(N1CCOC1)C(Cl)(Cl)c1cccs1. The van der Waals surface area contributed by atoms with Crippen LogP contribution in [0, 0.1) is 0 Å². The molecule has 82 valence electrons. The second-order valence-electron chi connectivity index (χ2n) is 3.16. The molecule has 1 saturated heterocycles. The van der Waals surface area contributed by atoms with Gasteiger partial charge in [-0.2, -0.15) is 0 Å². The topological polar surface area (TPSA) is 29.5 Å². The molecule has 2 heterocycles. The Labute approximate surface area is 102 Å². The summed E-state index contributed by atoms with van der Waals surface area (Å²) in [5.74, 6) is -0.314. The molecule has 1 aromatic rings. The quantitative estimate of drug-likeness (QED) is 0.768. The minimum Gasteiger partial charge on any atom is -0.359 e. The summed E-state index contributed by atoms with van der Waals surface area (Å²) in [4.78, 5) is 14.1. The zero-order valence-electron chi connectivity index (χ0n) is 7.78. The van der Waals surface area contributed by atoms with E-state index in [-0.39, 0.29) is 12.6 Å². The molecule has 0 saturated carbocycles. The Morgan fingerprint density at radius 2 is 2.40 bits per heavy atom. The van der Waals surface area contributed by atoms with E-state index < -0.39 is 4.33 Å². The van der Waals surface area contributed by atoms with Crippen LogP contribution in [0.4, 0.5) is 0 Å². The Bertz CT molecular complexity index is 347. The van der Waals surface area contributed by atoms with E-state index in [1.165, 1.54) is 16.2 Å². The van der Waals surface area contributed by atoms with Gasteiger partial charge in [-0.15, -0.1) is 11.3 Å². The van der Waals surface area contributed by atoms with E-state index in [1.807, 2.05) is 11.4 Å². The maximum absolute atomic E-state index is 12.0. The number of carbonyl (C=O) groups excluding carboxylic acids is 1. The van der Waals surface area contributed by atoms with Crippen LogP contribution in [0.1, 0.15) is 4.88 Å². The van der Waals surface area contributed by atoms with Crippen LogP contribution in [-0.4, -0.2) is 30.7 Å². The lowest BCUT2D eigenvalue weighted by atomic mass is 10.3. The zero-order valence-corrected chi connectivity index (χ0v) is 10.1. The third-order valence-electron chi connectivity index (χ3n) is 2.14. The van der Waals surface area contributed by atoms with Crippen molar-refractivity contribution >= 4 is 40.4 Å². The molecule has 1 amide bonds. The number of amides is 1. The van der Waals surface area contributed by atoms with Gasteiger partial charge in [0.25, 0.3) is 5.91 Å². The zero-order chi connectivity index (χ0) is 10.9. The maximum atomic E-state index is 12.0. The molecule has 0 atom stereocenters. The van der Waals surface area contributed by atoms with Crippen molar-refractivity contribution in [2.24, 2.45) is 0 Å². The lowest BCUT2D eigenvalue weighted by molar-refractivity contribution is -0.132. The lowest BCUT2D eigenvalue weighted by Crippen LogP contribution is -2.38. The third-order valence-corrected chi connectivity index (χ3v) is 4.08. The molecule has 1 aliphatic heterocycles. The van der Waals surface area contributed by atoms with Crippen molar-refractivity contribution in [2.75, 3.05) is 19.9 Å². The fourth-order valence-electron chi connectivity index (χ4n) is 1.34. The highest BCUT2D eigenvalue weighted by atomic mass is 35.5. The number of alkyl halides is 2. The summed E-state index contributed by atoms with van der Waals surface area (Å²) in [5, 5.41) is 1.84. The van der Waals surface area contributed by atoms with E-state index in [1.54, 1.807) is 6.07 Å². The Balaban J connectivity index is 2.18. The van der Waals surface area contributed by atoms with Gasteiger partial charge in [0.05, 0.1) is 6.61 Å². The van der Waals surface area contributed by atoms with Gasteiger partial charge in [0.15, 0.2) is 0 Å². The molecular weight excluding hydrogens is 257 g/mol. The van der Waals surface area contributed by atoms with Crippen LogP contribution in [0.15, 0.2) is 17.5 Å². The average Bonchev–Trinajstić information content (AvgIpc) is 2.89. The predicted octanol–water partition coefficient (Wildman–Crippen LogP) is 2.19. The number of thiophene rings is 1. The molecule has 1 fully saturated rings. The van der Waals surface area contributed by atoms with Crippen LogP contribution in [0.5, 0.6) is 0 Å². The molecule has 0 unspecified atom stereocenters. The van der Waals surface area contributed by atoms with E-state index in [0.29, 0.717) is 18.0 Å². The average molecular weight is 266 g/mol. The molecule has 2 rings (SSSR count). The first kappa shape index (κ1) is 11.2. The maximum Gasteiger partial charge on any atom is 0.266 e. The molecule has 0 N–H and O–H groups in total. The van der Waals surface area contributed by atoms with Crippen LogP contribution in [-0.2, 0) is 13.9 Å². The first-order valence-corrected chi connectivity index (χ1v) is 6.05. The smallest absolute Gasteiger partial charge is 0.266 e. The number of rotatable bonds is 2. The van der Waals surface area contributed by atoms with Crippen LogP contribution < -0.4 is 0 Å². The number of hydrogen-bond donors (Lipinski definition) is 0. The normalized spacial score (nSPS) is 17.1. The van der Waals surface area contributed by atoms with Crippen molar-refractivity contribution < 1.29 is 9.53 Å². The molecule has 0 bridgehead atoms. The highest BCUT2D eigenvalue weighted by Crippen LogP contribution is 2.38. The molecule has 3 nitrogen and oxygen atoms in total. The van der Waals surface area contributed by atoms with Crippen molar-refractivity contribution in [1.29, 1.82) is 0 Å². The molecule has 6 heteroatoms. The number of carbonyl (C=O) groups is 1. The van der Waals surface area contributed by atoms with Gasteiger partial charge in [-0.3, -0.25) is 4.79 Å². The number of ether oxygens (including phenoxy) is 1. The summed E-state index contributed by atoms with van der Waals surface area (Å²) in [6, 6.07) is 3.56. The highest BCUT2D eigenvalue weighted by molar-refractivity contribution is 7.11. The largest absolute Gasteiger partial charge is 0.359 e. The lowest BCUT2D eigenvalue weighted by Gasteiger charge is -2.22. The monoisotopic (exact) mass is 265 g/mol. The minimum absolute atomic E-state index is 0.269. The van der Waals surface area contributed by atoms with Gasteiger partial charge < -0.3 is 9.64 Å². The molecule has 0 spiro atoms. The molecular formula is C9H9Cl2NO2S. The van der Waals surface area contributed by atoms with Gasteiger partial charge in [-0.05, 0) is 11.4 Å². The summed E-state index contributed by atoms with van der Waals surface area (Å²) in [6.45, 7) is 1.36. The van der Waals surface area contributed by atoms with E-state index in [2.05, 4.69) is 0 Å². The minimum atomic E-state index is -1.48. The first-order chi connectivity index (χ1) is 7.12. The summed E-state index contributed by atoms with van der Waals surface area (Å²) in [6.07, 6.45) is 0. The number of nitrogens with zero attached hydrogens (tertiary/aromatic N) is 1. The summed E-state index contributed by atoms with van der Waals surface area (Å²) in [7, 11) is 0. The Morgan fingerprint density at radius 3 is 2.93 bits per heavy atom. The highest BCUT2D eigenvalue weighted by Gasteiger charge is 2.41. The third kappa shape index (κ3) is 2.13. The first-order valence-electron chi connectivity index (χ1n) is 4.41. The molecule has 0 aromatic carbocycles. The van der Waals surface area contributed by atoms with Crippen molar-refractivity contribution in [3.63, 3.8) is 0 Å². The van der Waals surface area contributed by atoms with Crippen molar-refractivity contribution in [2.45, 2.75) is 4.33 Å².